The smallest absolute Gasteiger partial charge is 0.324 e. The number of rotatable bonds is 0. The number of aromatic nitrogens is 8. The van der Waals surface area contributed by atoms with Crippen LogP contribution in [0.15, 0.2) is 90.7 Å². The zero-order valence-electron chi connectivity index (χ0n) is 22.5. The molecule has 0 amide bonds. The van der Waals surface area contributed by atoms with E-state index >= 15 is 0 Å². The van der Waals surface area contributed by atoms with E-state index in [0.29, 0.717) is 45.9 Å². The molecule has 217 valence electrons. The van der Waals surface area contributed by atoms with Crippen molar-refractivity contribution in [3.63, 3.8) is 0 Å². The number of H-pyrrole nitrogens is 2. The van der Waals surface area contributed by atoms with Gasteiger partial charge >= 0.3 is 16.8 Å². The SMILES string of the molecule is Brc1c(Br)c(Br)c2c3nc4nc(nc5[nH]c(nc6nc(nc([nH]3)c2c1Br)-c1ccccc1-6)c1ccccc51)-c1ccccc1-4.[Co+2]. The molecule has 1 radical (unpaired) electrons. The molecule has 8 bridgehead atoms. The van der Waals surface area contributed by atoms with Gasteiger partial charge in [-0.25, -0.2) is 29.9 Å². The van der Waals surface area contributed by atoms with Crippen molar-refractivity contribution in [1.29, 1.82) is 0 Å². The molecule has 0 atom stereocenters. The van der Waals surface area contributed by atoms with Crippen molar-refractivity contribution < 1.29 is 16.8 Å². The molecular formula is C32H14Br4CoN8+2. The first kappa shape index (κ1) is 29.1. The molecule has 5 heterocycles. The van der Waals surface area contributed by atoms with Crippen molar-refractivity contribution >= 4 is 108 Å². The summed E-state index contributed by atoms with van der Waals surface area (Å²) in [5.41, 5.74) is 6.07. The maximum absolute atomic E-state index is 5.10. The van der Waals surface area contributed by atoms with Crippen LogP contribution in [0.2, 0.25) is 0 Å². The van der Waals surface area contributed by atoms with Crippen LogP contribution in [0.5, 0.6) is 0 Å². The molecule has 0 aliphatic carbocycles. The summed E-state index contributed by atoms with van der Waals surface area (Å²) in [4.78, 5) is 37.1. The fourth-order valence-electron chi connectivity index (χ4n) is 5.75. The van der Waals surface area contributed by atoms with Crippen molar-refractivity contribution in [3.05, 3.63) is 90.7 Å². The Labute approximate surface area is 298 Å². The number of hydrogen-bond acceptors (Lipinski definition) is 6. The number of benzene rings is 4. The van der Waals surface area contributed by atoms with E-state index in [4.69, 9.17) is 29.9 Å². The van der Waals surface area contributed by atoms with Crippen LogP contribution in [-0.2, 0) is 16.8 Å². The van der Waals surface area contributed by atoms with E-state index < -0.39 is 0 Å². The van der Waals surface area contributed by atoms with Gasteiger partial charge in [-0.2, -0.15) is 0 Å². The van der Waals surface area contributed by atoms with Crippen LogP contribution in [0.1, 0.15) is 0 Å². The number of nitrogens with one attached hydrogen (secondary N) is 2. The molecule has 0 fully saturated rings. The number of fused-ring (bicyclic) bond motifs is 20. The maximum atomic E-state index is 5.10. The van der Waals surface area contributed by atoms with E-state index in [1.54, 1.807) is 0 Å². The molecule has 0 saturated heterocycles. The van der Waals surface area contributed by atoms with Gasteiger partial charge in [0.15, 0.2) is 23.3 Å². The van der Waals surface area contributed by atoms with E-state index in [0.717, 1.165) is 61.7 Å². The second-order valence-corrected chi connectivity index (χ2v) is 13.4. The second kappa shape index (κ2) is 10.9. The Morgan fingerprint density at radius 2 is 0.689 bits per heavy atom. The summed E-state index contributed by atoms with van der Waals surface area (Å²) in [5.74, 6) is 2.22. The molecule has 8 nitrogen and oxygen atoms in total. The third-order valence-corrected chi connectivity index (χ3v) is 12.5. The van der Waals surface area contributed by atoms with E-state index in [2.05, 4.69) is 73.7 Å². The van der Waals surface area contributed by atoms with Gasteiger partial charge in [-0.1, -0.05) is 72.8 Å². The molecular weight excluding hydrogens is 875 g/mol. The molecule has 45 heavy (non-hydrogen) atoms. The molecule has 3 aromatic heterocycles. The van der Waals surface area contributed by atoms with Crippen molar-refractivity contribution in [2.45, 2.75) is 0 Å². The van der Waals surface area contributed by atoms with Gasteiger partial charge < -0.3 is 9.97 Å². The zero-order valence-corrected chi connectivity index (χ0v) is 29.8. The number of halogens is 4. The molecule has 0 unspecified atom stereocenters. The van der Waals surface area contributed by atoms with Gasteiger partial charge in [0.1, 0.15) is 22.6 Å². The van der Waals surface area contributed by atoms with Gasteiger partial charge in [0, 0.05) is 61.7 Å². The Bertz CT molecular complexity index is 2410. The molecule has 2 N–H and O–H groups in total. The minimum absolute atomic E-state index is 0. The average molecular weight is 889 g/mol. The van der Waals surface area contributed by atoms with Crippen LogP contribution < -0.4 is 0 Å². The van der Waals surface area contributed by atoms with Crippen LogP contribution in [0.3, 0.4) is 0 Å². The predicted molar refractivity (Wildman–Crippen MR) is 187 cm³/mol. The first-order valence-corrected chi connectivity index (χ1v) is 16.6. The van der Waals surface area contributed by atoms with Gasteiger partial charge in [0.2, 0.25) is 0 Å². The quantitative estimate of drug-likeness (QED) is 0.116. The second-order valence-electron chi connectivity index (χ2n) is 10.3. The molecule has 2 aliphatic heterocycles. The summed E-state index contributed by atoms with van der Waals surface area (Å²) < 4.78 is 3.32. The first-order valence-electron chi connectivity index (χ1n) is 13.4. The fraction of sp³-hybridized carbons (Fsp3) is 0. The van der Waals surface area contributed by atoms with Gasteiger partial charge in [0.05, 0.1) is 0 Å². The molecule has 4 aromatic carbocycles. The van der Waals surface area contributed by atoms with E-state index in [9.17, 15) is 0 Å². The third-order valence-electron chi connectivity index (χ3n) is 7.76. The topological polar surface area (TPSA) is 109 Å². The van der Waals surface area contributed by atoms with Crippen molar-refractivity contribution in [2.75, 3.05) is 0 Å². The van der Waals surface area contributed by atoms with E-state index in [-0.39, 0.29) is 16.8 Å². The zero-order chi connectivity index (χ0) is 29.7. The molecule has 0 spiro atoms. The van der Waals surface area contributed by atoms with Crippen LogP contribution in [0.4, 0.5) is 0 Å². The third kappa shape index (κ3) is 4.39. The van der Waals surface area contributed by atoms with Crippen LogP contribution in [-0.4, -0.2) is 39.9 Å². The normalized spacial score (nSPS) is 11.8. The largest absolute Gasteiger partial charge is 2.00 e. The first-order chi connectivity index (χ1) is 21.5. The Kier molecular flexibility index (Phi) is 7.04. The van der Waals surface area contributed by atoms with Crippen molar-refractivity contribution in [2.24, 2.45) is 0 Å². The monoisotopic (exact) mass is 885 g/mol. The van der Waals surface area contributed by atoms with Crippen LogP contribution in [0.25, 0.3) is 89.7 Å². The summed E-state index contributed by atoms with van der Waals surface area (Å²) in [7, 11) is 0. The van der Waals surface area contributed by atoms with Gasteiger partial charge in [-0.15, -0.1) is 0 Å². The Morgan fingerprint density at radius 1 is 0.378 bits per heavy atom. The summed E-state index contributed by atoms with van der Waals surface area (Å²) in [6.45, 7) is 0. The van der Waals surface area contributed by atoms with Crippen molar-refractivity contribution in [3.8, 4) is 45.6 Å². The summed E-state index contributed by atoms with van der Waals surface area (Å²) in [6.07, 6.45) is 0. The summed E-state index contributed by atoms with van der Waals surface area (Å²) >= 11 is 15.0. The van der Waals surface area contributed by atoms with Gasteiger partial charge in [-0.05, 0) is 63.7 Å². The Hall–Kier alpha value is -3.33. The standard InChI is InChI=1S/C32H14Br4N8.Co/c33-21-19-20(22(34)24(36)23(21)35)32-43-30-18-12-6-4-10-16(18)28(41-30)39-26-14-8-2-1-7-13(14)25(37-26)38-27-15-9-3-5-11-17(15)29(40-27)42-31(19)44-32;/h1-12H,(H2,37,38,39,40,41,42,43,44);/q;+2. The van der Waals surface area contributed by atoms with E-state index in [1.165, 1.54) is 0 Å². The van der Waals surface area contributed by atoms with Gasteiger partial charge in [-0.3, -0.25) is 0 Å². The molecule has 2 aliphatic rings. The average Bonchev–Trinajstić information content (AvgIpc) is 3.78. The summed E-state index contributed by atoms with van der Waals surface area (Å²) in [6, 6.07) is 24.0. The minimum Gasteiger partial charge on any atom is -0.324 e. The molecule has 7 aromatic rings. The molecule has 9 rings (SSSR count). The van der Waals surface area contributed by atoms with E-state index in [1.807, 2.05) is 72.8 Å². The predicted octanol–water partition coefficient (Wildman–Crippen LogP) is 9.92. The van der Waals surface area contributed by atoms with Crippen molar-refractivity contribution in [1.82, 2.24) is 39.9 Å². The summed E-state index contributed by atoms with van der Waals surface area (Å²) in [5, 5.41) is 3.54. The number of aromatic amines is 2. The number of nitrogens with zero attached hydrogens (tertiary/aromatic N) is 6. The maximum Gasteiger partial charge on any atom is 2.00 e. The minimum atomic E-state index is 0. The fourth-order valence-corrected chi connectivity index (χ4v) is 8.25. The van der Waals surface area contributed by atoms with Gasteiger partial charge in [0.25, 0.3) is 0 Å². The Balaban J connectivity index is 0.00000300. The number of hydrogen-bond donors (Lipinski definition) is 2. The molecule has 0 saturated carbocycles. The Morgan fingerprint density at radius 3 is 1.07 bits per heavy atom. The van der Waals surface area contributed by atoms with Crippen LogP contribution in [0, 0.1) is 0 Å². The molecule has 13 heteroatoms. The van der Waals surface area contributed by atoms with Crippen LogP contribution >= 0.6 is 63.7 Å².